The van der Waals surface area contributed by atoms with E-state index < -0.39 is 9.84 Å². The van der Waals surface area contributed by atoms with Crippen molar-refractivity contribution in [3.05, 3.63) is 16.7 Å². The number of thiocarbonyl (C=S) groups is 1. The zero-order chi connectivity index (χ0) is 14.8. The highest BCUT2D eigenvalue weighted by Gasteiger charge is 2.48. The number of sulfone groups is 1. The Balaban J connectivity index is 1.84. The molecule has 2 aromatic heterocycles. The topological polar surface area (TPSA) is 124 Å². The molecule has 2 aliphatic heterocycles. The molecule has 4 rings (SSSR count). The Hall–Kier alpha value is -2.01. The Morgan fingerprint density at radius 1 is 1.38 bits per heavy atom. The van der Waals surface area contributed by atoms with Crippen molar-refractivity contribution in [2.75, 3.05) is 16.4 Å². The number of H-pyrrole nitrogens is 2. The average molecular weight is 326 g/mol. The molecule has 9 nitrogen and oxygen atoms in total. The van der Waals surface area contributed by atoms with Gasteiger partial charge >= 0.3 is 0 Å². The third-order valence-electron chi connectivity index (χ3n) is 3.69. The zero-order valence-electron chi connectivity index (χ0n) is 10.5. The van der Waals surface area contributed by atoms with E-state index in [1.807, 2.05) is 0 Å². The van der Waals surface area contributed by atoms with E-state index >= 15 is 0 Å². The second-order valence-corrected chi connectivity index (χ2v) is 7.60. The highest BCUT2D eigenvalue weighted by Crippen LogP contribution is 2.27. The molecule has 0 radical (unpaired) electrons. The van der Waals surface area contributed by atoms with Crippen LogP contribution in [0.25, 0.3) is 11.2 Å². The van der Waals surface area contributed by atoms with E-state index in [9.17, 15) is 13.2 Å². The van der Waals surface area contributed by atoms with Crippen LogP contribution in [0.15, 0.2) is 11.1 Å². The number of nitrogens with zero attached hydrogens (tertiary/aromatic N) is 3. The third kappa shape index (κ3) is 1.84. The molecule has 0 bridgehead atoms. The van der Waals surface area contributed by atoms with Gasteiger partial charge in [-0.3, -0.25) is 14.7 Å². The summed E-state index contributed by atoms with van der Waals surface area (Å²) in [7, 11) is -3.12. The van der Waals surface area contributed by atoms with E-state index in [-0.39, 0.29) is 46.3 Å². The van der Waals surface area contributed by atoms with E-state index in [0.717, 1.165) is 0 Å². The lowest BCUT2D eigenvalue weighted by molar-refractivity contribution is 0.600. The molecule has 4 heterocycles. The van der Waals surface area contributed by atoms with Crippen molar-refractivity contribution >= 4 is 44.3 Å². The van der Waals surface area contributed by atoms with Gasteiger partial charge in [0.15, 0.2) is 26.1 Å². The summed E-state index contributed by atoms with van der Waals surface area (Å²) in [6.07, 6.45) is 1.38. The van der Waals surface area contributed by atoms with Gasteiger partial charge in [0, 0.05) is 0 Å². The minimum absolute atomic E-state index is 0.0207. The number of hydrogen-bond acceptors (Lipinski definition) is 6. The van der Waals surface area contributed by atoms with Gasteiger partial charge in [-0.2, -0.15) is 4.98 Å². The maximum Gasteiger partial charge on any atom is 0.278 e. The molecule has 0 amide bonds. The minimum Gasteiger partial charge on any atom is -0.356 e. The molecule has 0 spiro atoms. The first-order valence-corrected chi connectivity index (χ1v) is 8.41. The largest absolute Gasteiger partial charge is 0.356 e. The second kappa shape index (κ2) is 4.01. The second-order valence-electron chi connectivity index (χ2n) is 5.06. The van der Waals surface area contributed by atoms with Crippen LogP contribution in [0.3, 0.4) is 0 Å². The Morgan fingerprint density at radius 2 is 2.19 bits per heavy atom. The van der Waals surface area contributed by atoms with Crippen LogP contribution in [-0.2, 0) is 9.84 Å². The van der Waals surface area contributed by atoms with Crippen molar-refractivity contribution in [1.29, 1.82) is 0 Å². The molecular formula is C10H10N6O3S2. The first-order chi connectivity index (χ1) is 9.94. The molecule has 2 aliphatic rings. The van der Waals surface area contributed by atoms with E-state index in [1.54, 1.807) is 4.90 Å². The summed E-state index contributed by atoms with van der Waals surface area (Å²) in [5, 5.41) is 3.33. The van der Waals surface area contributed by atoms with Gasteiger partial charge < -0.3 is 10.3 Å². The van der Waals surface area contributed by atoms with Crippen LogP contribution in [0.5, 0.6) is 0 Å². The van der Waals surface area contributed by atoms with Crippen LogP contribution in [0.1, 0.15) is 0 Å². The number of nitrogens with one attached hydrogen (secondary N) is 3. The molecule has 2 saturated heterocycles. The minimum atomic E-state index is -3.12. The monoisotopic (exact) mass is 326 g/mol. The normalized spacial score (nSPS) is 27.0. The summed E-state index contributed by atoms with van der Waals surface area (Å²) in [5.74, 6) is 0.220. The van der Waals surface area contributed by atoms with Crippen molar-refractivity contribution in [2.45, 2.75) is 12.1 Å². The van der Waals surface area contributed by atoms with Gasteiger partial charge in [0.25, 0.3) is 5.56 Å². The quantitative estimate of drug-likeness (QED) is 0.541. The standard InChI is InChI=1S/C10H10N6O3S2/c17-8-6-7(12-3-11-6)14-9(15-8)16-5-2-21(18,19)1-4(5)13-10(16)20/h3-5H,1-2H2,(H,13,20)(H2,11,12,14,15,17)/t4-,5-/m0/s1. The molecular weight excluding hydrogens is 316 g/mol. The fourth-order valence-corrected chi connectivity index (χ4v) is 5.06. The lowest BCUT2D eigenvalue weighted by Crippen LogP contribution is -2.39. The lowest BCUT2D eigenvalue weighted by atomic mass is 10.2. The SMILES string of the molecule is O=c1[nH]c(N2C(=S)N[C@H]3CS(=O)(=O)C[C@@H]32)nc2nc[nH]c12. The highest BCUT2D eigenvalue weighted by atomic mass is 32.2. The molecule has 0 saturated carbocycles. The number of aromatic nitrogens is 4. The van der Waals surface area contributed by atoms with Crippen LogP contribution < -0.4 is 15.8 Å². The zero-order valence-corrected chi connectivity index (χ0v) is 12.2. The molecule has 21 heavy (non-hydrogen) atoms. The lowest BCUT2D eigenvalue weighted by Gasteiger charge is -2.20. The van der Waals surface area contributed by atoms with Gasteiger partial charge in [-0.15, -0.1) is 0 Å². The van der Waals surface area contributed by atoms with Crippen molar-refractivity contribution in [3.63, 3.8) is 0 Å². The number of aromatic amines is 2. The molecule has 3 N–H and O–H groups in total. The van der Waals surface area contributed by atoms with Crippen molar-refractivity contribution in [1.82, 2.24) is 25.3 Å². The predicted molar refractivity (Wildman–Crippen MR) is 79.0 cm³/mol. The number of rotatable bonds is 1. The summed E-state index contributed by atoms with van der Waals surface area (Å²) in [5.41, 5.74) is 0.160. The molecule has 2 fully saturated rings. The Kier molecular flexibility index (Phi) is 2.43. The molecule has 11 heteroatoms. The Bertz CT molecular complexity index is 916. The fourth-order valence-electron chi connectivity index (χ4n) is 2.80. The average Bonchev–Trinajstić information content (AvgIpc) is 3.01. The maximum absolute atomic E-state index is 12.0. The maximum atomic E-state index is 12.0. The van der Waals surface area contributed by atoms with Crippen LogP contribution >= 0.6 is 12.2 Å². The molecule has 2 atom stereocenters. The van der Waals surface area contributed by atoms with Crippen molar-refractivity contribution in [3.8, 4) is 0 Å². The molecule has 110 valence electrons. The van der Waals surface area contributed by atoms with Gasteiger partial charge in [0.2, 0.25) is 5.95 Å². The summed E-state index contributed by atoms with van der Waals surface area (Å²) < 4.78 is 23.5. The number of hydrogen-bond donors (Lipinski definition) is 3. The van der Waals surface area contributed by atoms with Crippen molar-refractivity contribution in [2.24, 2.45) is 0 Å². The van der Waals surface area contributed by atoms with Gasteiger partial charge in [-0.1, -0.05) is 0 Å². The van der Waals surface area contributed by atoms with Crippen LogP contribution in [-0.4, -0.2) is 57.1 Å². The molecule has 2 aromatic rings. The van der Waals surface area contributed by atoms with Gasteiger partial charge in [-0.05, 0) is 12.2 Å². The highest BCUT2D eigenvalue weighted by molar-refractivity contribution is 7.91. The fraction of sp³-hybridized carbons (Fsp3) is 0.400. The predicted octanol–water partition coefficient (Wildman–Crippen LogP) is -1.49. The van der Waals surface area contributed by atoms with Crippen molar-refractivity contribution < 1.29 is 8.42 Å². The van der Waals surface area contributed by atoms with Gasteiger partial charge in [-0.25, -0.2) is 13.4 Å². The van der Waals surface area contributed by atoms with Crippen LogP contribution in [0, 0.1) is 0 Å². The third-order valence-corrected chi connectivity index (χ3v) is 5.72. The van der Waals surface area contributed by atoms with Gasteiger partial charge in [0.1, 0.15) is 0 Å². The van der Waals surface area contributed by atoms with E-state index in [1.165, 1.54) is 6.33 Å². The first kappa shape index (κ1) is 12.7. The molecule has 0 aromatic carbocycles. The summed E-state index contributed by atoms with van der Waals surface area (Å²) in [6, 6.07) is -0.635. The Morgan fingerprint density at radius 3 is 3.00 bits per heavy atom. The molecule has 0 unspecified atom stereocenters. The summed E-state index contributed by atoms with van der Waals surface area (Å²) >= 11 is 5.23. The first-order valence-electron chi connectivity index (χ1n) is 6.18. The number of anilines is 1. The van der Waals surface area contributed by atoms with E-state index in [0.29, 0.717) is 5.11 Å². The van der Waals surface area contributed by atoms with Crippen LogP contribution in [0.2, 0.25) is 0 Å². The summed E-state index contributed by atoms with van der Waals surface area (Å²) in [6.45, 7) is 0. The summed E-state index contributed by atoms with van der Waals surface area (Å²) in [4.78, 5) is 27.0. The number of imidazole rings is 1. The number of fused-ring (bicyclic) bond motifs is 2. The van der Waals surface area contributed by atoms with E-state index in [2.05, 4.69) is 25.3 Å². The Labute approximate surface area is 123 Å². The van der Waals surface area contributed by atoms with Crippen LogP contribution in [0.4, 0.5) is 5.95 Å². The molecule has 0 aliphatic carbocycles. The smallest absolute Gasteiger partial charge is 0.278 e. The van der Waals surface area contributed by atoms with Gasteiger partial charge in [0.05, 0.1) is 29.9 Å². The van der Waals surface area contributed by atoms with E-state index in [4.69, 9.17) is 12.2 Å².